The first-order chi connectivity index (χ1) is 11.6. The molecule has 0 aliphatic carbocycles. The molecule has 0 saturated heterocycles. The van der Waals surface area contributed by atoms with Crippen LogP contribution in [0.2, 0.25) is 0 Å². The maximum atomic E-state index is 13.0. The van der Waals surface area contributed by atoms with Crippen molar-refractivity contribution in [1.82, 2.24) is 5.01 Å². The third-order valence-corrected chi connectivity index (χ3v) is 3.99. The smallest absolute Gasteiger partial charge is 0.168 e. The molecular formula is C18H19FN2O3. The molecule has 5 nitrogen and oxygen atoms in total. The second kappa shape index (κ2) is 6.88. The molecule has 0 saturated carbocycles. The number of hydrazone groups is 1. The van der Waals surface area contributed by atoms with Crippen LogP contribution in [-0.2, 0) is 0 Å². The summed E-state index contributed by atoms with van der Waals surface area (Å²) < 4.78 is 23.5. The highest BCUT2D eigenvalue weighted by Gasteiger charge is 2.23. The zero-order chi connectivity index (χ0) is 17.1. The Morgan fingerprint density at radius 3 is 2.46 bits per heavy atom. The van der Waals surface area contributed by atoms with E-state index >= 15 is 0 Å². The molecule has 1 atom stereocenters. The van der Waals surface area contributed by atoms with E-state index in [1.165, 1.54) is 12.1 Å². The van der Waals surface area contributed by atoms with Crippen molar-refractivity contribution >= 4 is 5.71 Å². The first-order valence-electron chi connectivity index (χ1n) is 7.62. The fourth-order valence-electron chi connectivity index (χ4n) is 2.68. The number of nitrogens with zero attached hydrogens (tertiary/aromatic N) is 2. The van der Waals surface area contributed by atoms with Gasteiger partial charge in [0.15, 0.2) is 17.7 Å². The number of rotatable bonds is 5. The van der Waals surface area contributed by atoms with Gasteiger partial charge in [-0.2, -0.15) is 5.10 Å². The number of benzene rings is 2. The van der Waals surface area contributed by atoms with Crippen molar-refractivity contribution < 1.29 is 19.0 Å². The molecule has 0 spiro atoms. The van der Waals surface area contributed by atoms with Crippen molar-refractivity contribution in [1.29, 1.82) is 0 Å². The van der Waals surface area contributed by atoms with E-state index in [2.05, 4.69) is 5.10 Å². The summed E-state index contributed by atoms with van der Waals surface area (Å²) in [5, 5.41) is 16.5. The summed E-state index contributed by atoms with van der Waals surface area (Å²) in [6.45, 7) is 0.586. The first-order valence-corrected chi connectivity index (χ1v) is 7.62. The Hall–Kier alpha value is -2.60. The number of halogens is 1. The quantitative estimate of drug-likeness (QED) is 0.916. The second-order valence-corrected chi connectivity index (χ2v) is 5.45. The lowest BCUT2D eigenvalue weighted by Gasteiger charge is -2.21. The van der Waals surface area contributed by atoms with E-state index in [0.717, 1.165) is 11.3 Å². The number of aliphatic hydroxyl groups excluding tert-OH is 1. The van der Waals surface area contributed by atoms with Crippen LogP contribution in [0.1, 0.15) is 23.8 Å². The lowest BCUT2D eigenvalue weighted by atomic mass is 10.1. The molecule has 2 aromatic carbocycles. The van der Waals surface area contributed by atoms with Crippen LogP contribution in [-0.4, -0.2) is 36.6 Å². The fraction of sp³-hybridized carbons (Fsp3) is 0.278. The summed E-state index contributed by atoms with van der Waals surface area (Å²) in [6, 6.07) is 11.4. The number of hydrogen-bond acceptors (Lipinski definition) is 5. The molecule has 1 aliphatic rings. The third kappa shape index (κ3) is 3.19. The molecular weight excluding hydrogens is 311 g/mol. The second-order valence-electron chi connectivity index (χ2n) is 5.45. The third-order valence-electron chi connectivity index (χ3n) is 3.99. The summed E-state index contributed by atoms with van der Waals surface area (Å²) in [5.74, 6) is 0.958. The zero-order valence-electron chi connectivity index (χ0n) is 13.6. The molecule has 0 aromatic heterocycles. The Labute approximate surface area is 139 Å². The SMILES string of the molecule is COc1ccc(C2=NN(C(O)c3ccc(F)cc3)CC2)cc1OC. The number of hydrogen-bond donors (Lipinski definition) is 1. The van der Waals surface area contributed by atoms with Crippen LogP contribution in [0.3, 0.4) is 0 Å². The zero-order valence-corrected chi connectivity index (χ0v) is 13.6. The minimum absolute atomic E-state index is 0.332. The van der Waals surface area contributed by atoms with Crippen molar-refractivity contribution in [3.8, 4) is 11.5 Å². The molecule has 1 N–H and O–H groups in total. The molecule has 126 valence electrons. The van der Waals surface area contributed by atoms with Gasteiger partial charge in [-0.25, -0.2) is 4.39 Å². The monoisotopic (exact) mass is 330 g/mol. The van der Waals surface area contributed by atoms with E-state index in [0.29, 0.717) is 30.0 Å². The number of ether oxygens (including phenoxy) is 2. The van der Waals surface area contributed by atoms with Gasteiger partial charge in [0.1, 0.15) is 5.82 Å². The van der Waals surface area contributed by atoms with Gasteiger partial charge >= 0.3 is 0 Å². The van der Waals surface area contributed by atoms with E-state index in [1.807, 2.05) is 18.2 Å². The topological polar surface area (TPSA) is 54.3 Å². The van der Waals surface area contributed by atoms with Crippen LogP contribution in [0.25, 0.3) is 0 Å². The normalized spacial score (nSPS) is 15.2. The average Bonchev–Trinajstić information content (AvgIpc) is 3.11. The van der Waals surface area contributed by atoms with Gasteiger partial charge in [-0.15, -0.1) is 0 Å². The average molecular weight is 330 g/mol. The molecule has 0 bridgehead atoms. The van der Waals surface area contributed by atoms with Crippen molar-refractivity contribution in [3.63, 3.8) is 0 Å². The molecule has 0 fully saturated rings. The van der Waals surface area contributed by atoms with Crippen molar-refractivity contribution in [2.24, 2.45) is 5.10 Å². The minimum atomic E-state index is -0.900. The van der Waals surface area contributed by atoms with Crippen LogP contribution in [0.5, 0.6) is 11.5 Å². The number of aliphatic hydroxyl groups is 1. The van der Waals surface area contributed by atoms with Crippen LogP contribution in [0.15, 0.2) is 47.6 Å². The highest BCUT2D eigenvalue weighted by atomic mass is 19.1. The first kappa shape index (κ1) is 16.3. The van der Waals surface area contributed by atoms with Gasteiger partial charge in [0.2, 0.25) is 0 Å². The number of methoxy groups -OCH3 is 2. The lowest BCUT2D eigenvalue weighted by molar-refractivity contribution is 0.0114. The summed E-state index contributed by atoms with van der Waals surface area (Å²) in [4.78, 5) is 0. The standard InChI is InChI=1S/C18H19FN2O3/c1-23-16-8-5-13(11-17(16)24-2)15-9-10-21(20-15)18(22)12-3-6-14(19)7-4-12/h3-8,11,18,22H,9-10H2,1-2H3. The Kier molecular flexibility index (Phi) is 4.66. The van der Waals surface area contributed by atoms with Gasteiger partial charge < -0.3 is 14.6 Å². The Morgan fingerprint density at radius 1 is 1.08 bits per heavy atom. The summed E-state index contributed by atoms with van der Waals surface area (Å²) in [7, 11) is 3.17. The van der Waals surface area contributed by atoms with E-state index in [4.69, 9.17) is 9.47 Å². The van der Waals surface area contributed by atoms with E-state index < -0.39 is 6.23 Å². The van der Waals surface area contributed by atoms with Gasteiger partial charge in [0.25, 0.3) is 0 Å². The fourth-order valence-corrected chi connectivity index (χ4v) is 2.68. The predicted octanol–water partition coefficient (Wildman–Crippen LogP) is 2.94. The van der Waals surface area contributed by atoms with Gasteiger partial charge in [-0.3, -0.25) is 5.01 Å². The van der Waals surface area contributed by atoms with E-state index in [9.17, 15) is 9.50 Å². The maximum Gasteiger partial charge on any atom is 0.168 e. The molecule has 24 heavy (non-hydrogen) atoms. The molecule has 0 amide bonds. The Morgan fingerprint density at radius 2 is 1.79 bits per heavy atom. The van der Waals surface area contributed by atoms with Crippen molar-refractivity contribution in [3.05, 3.63) is 59.4 Å². The lowest BCUT2D eigenvalue weighted by Crippen LogP contribution is -2.20. The summed E-state index contributed by atoms with van der Waals surface area (Å²) in [6.07, 6.45) is -0.198. The highest BCUT2D eigenvalue weighted by Crippen LogP contribution is 2.30. The molecule has 0 radical (unpaired) electrons. The van der Waals surface area contributed by atoms with Crippen LogP contribution in [0.4, 0.5) is 4.39 Å². The predicted molar refractivity (Wildman–Crippen MR) is 88.8 cm³/mol. The van der Waals surface area contributed by atoms with Gasteiger partial charge in [0, 0.05) is 24.1 Å². The molecule has 1 aliphatic heterocycles. The molecule has 1 unspecified atom stereocenters. The Bertz CT molecular complexity index is 746. The summed E-state index contributed by atoms with van der Waals surface area (Å²) >= 11 is 0. The van der Waals surface area contributed by atoms with Crippen molar-refractivity contribution in [2.45, 2.75) is 12.6 Å². The van der Waals surface area contributed by atoms with E-state index in [-0.39, 0.29) is 5.82 Å². The molecule has 6 heteroatoms. The molecule has 2 aromatic rings. The molecule has 3 rings (SSSR count). The Balaban J connectivity index is 1.81. The van der Waals surface area contributed by atoms with E-state index in [1.54, 1.807) is 31.4 Å². The summed E-state index contributed by atoms with van der Waals surface area (Å²) in [5.41, 5.74) is 2.38. The van der Waals surface area contributed by atoms with Gasteiger partial charge in [-0.05, 0) is 30.3 Å². The molecule has 1 heterocycles. The van der Waals surface area contributed by atoms with Crippen LogP contribution >= 0.6 is 0 Å². The maximum absolute atomic E-state index is 13.0. The highest BCUT2D eigenvalue weighted by molar-refractivity contribution is 6.01. The van der Waals surface area contributed by atoms with Crippen LogP contribution in [0, 0.1) is 5.82 Å². The largest absolute Gasteiger partial charge is 0.493 e. The van der Waals surface area contributed by atoms with Gasteiger partial charge in [0.05, 0.1) is 19.9 Å². The van der Waals surface area contributed by atoms with Gasteiger partial charge in [-0.1, -0.05) is 12.1 Å². The van der Waals surface area contributed by atoms with Crippen LogP contribution < -0.4 is 9.47 Å². The van der Waals surface area contributed by atoms with Crippen molar-refractivity contribution in [2.75, 3.05) is 20.8 Å². The minimum Gasteiger partial charge on any atom is -0.493 e.